The molecule has 0 aliphatic heterocycles. The first-order valence-electron chi connectivity index (χ1n) is 6.12. The van der Waals surface area contributed by atoms with Crippen molar-refractivity contribution >= 4 is 40.0 Å². The van der Waals surface area contributed by atoms with Crippen LogP contribution in [0.25, 0.3) is 10.9 Å². The number of carbonyl (C=O) groups is 1. The molecule has 1 heterocycles. The van der Waals surface area contributed by atoms with Crippen LogP contribution in [0.4, 0.5) is 0 Å². The first-order chi connectivity index (χ1) is 10.1. The molecular formula is C16H8Cl2N2O. The van der Waals surface area contributed by atoms with E-state index < -0.39 is 0 Å². The van der Waals surface area contributed by atoms with Crippen LogP contribution in [0.1, 0.15) is 15.9 Å². The molecule has 1 aromatic heterocycles. The van der Waals surface area contributed by atoms with E-state index >= 15 is 0 Å². The molecule has 3 aromatic rings. The van der Waals surface area contributed by atoms with Crippen molar-refractivity contribution in [2.75, 3.05) is 0 Å². The molecule has 0 radical (unpaired) electrons. The molecule has 0 saturated heterocycles. The molecule has 21 heavy (non-hydrogen) atoms. The zero-order valence-corrected chi connectivity index (χ0v) is 12.2. The molecular weight excluding hydrogens is 307 g/mol. The highest BCUT2D eigenvalue weighted by Gasteiger charge is 2.17. The molecule has 0 aliphatic rings. The topological polar surface area (TPSA) is 45.8 Å². The van der Waals surface area contributed by atoms with Crippen molar-refractivity contribution in [1.29, 1.82) is 5.26 Å². The van der Waals surface area contributed by atoms with Gasteiger partial charge in [-0.3, -0.25) is 9.36 Å². The lowest BCUT2D eigenvalue weighted by Gasteiger charge is -2.06. The van der Waals surface area contributed by atoms with Gasteiger partial charge >= 0.3 is 0 Å². The predicted octanol–water partition coefficient (Wildman–Crippen LogP) is 4.51. The molecule has 2 aromatic carbocycles. The molecule has 0 atom stereocenters. The molecule has 5 heteroatoms. The zero-order chi connectivity index (χ0) is 15.0. The maximum absolute atomic E-state index is 12.7. The SMILES string of the molecule is N#Cc1cn(C(=O)c2cc(Cl)ccc2Cl)c2ccccc12. The molecule has 0 N–H and O–H groups in total. The van der Waals surface area contributed by atoms with Crippen molar-refractivity contribution in [3.63, 3.8) is 0 Å². The lowest BCUT2D eigenvalue weighted by atomic mass is 10.2. The van der Waals surface area contributed by atoms with Crippen LogP contribution in [0.2, 0.25) is 10.0 Å². The number of carbonyl (C=O) groups excluding carboxylic acids is 1. The number of aromatic nitrogens is 1. The maximum atomic E-state index is 12.7. The largest absolute Gasteiger partial charge is 0.282 e. The lowest BCUT2D eigenvalue weighted by molar-refractivity contribution is 0.0965. The van der Waals surface area contributed by atoms with Gasteiger partial charge in [0.25, 0.3) is 5.91 Å². The summed E-state index contributed by atoms with van der Waals surface area (Å²) in [5, 5.41) is 10.7. The van der Waals surface area contributed by atoms with E-state index in [0.717, 1.165) is 5.39 Å². The van der Waals surface area contributed by atoms with E-state index in [0.29, 0.717) is 26.7 Å². The third kappa shape index (κ3) is 2.29. The third-order valence-electron chi connectivity index (χ3n) is 3.21. The van der Waals surface area contributed by atoms with Crippen LogP contribution in [0.15, 0.2) is 48.7 Å². The number of hydrogen-bond donors (Lipinski definition) is 0. The Balaban J connectivity index is 2.23. The standard InChI is InChI=1S/C16H8Cl2N2O/c17-11-5-6-14(18)13(7-11)16(21)20-9-10(8-19)12-3-1-2-4-15(12)20/h1-7,9H. The molecule has 0 spiro atoms. The first-order valence-corrected chi connectivity index (χ1v) is 6.87. The lowest BCUT2D eigenvalue weighted by Crippen LogP contribution is -2.11. The minimum Gasteiger partial charge on any atom is -0.282 e. The molecule has 0 fully saturated rings. The average Bonchev–Trinajstić information content (AvgIpc) is 2.88. The van der Waals surface area contributed by atoms with Gasteiger partial charge < -0.3 is 0 Å². The smallest absolute Gasteiger partial charge is 0.263 e. The number of fused-ring (bicyclic) bond motifs is 1. The fourth-order valence-electron chi connectivity index (χ4n) is 2.23. The fraction of sp³-hybridized carbons (Fsp3) is 0. The minimum absolute atomic E-state index is 0.300. The van der Waals surface area contributed by atoms with Gasteiger partial charge in [-0.15, -0.1) is 0 Å². The van der Waals surface area contributed by atoms with E-state index in [9.17, 15) is 10.1 Å². The highest BCUT2D eigenvalue weighted by molar-refractivity contribution is 6.36. The molecule has 0 unspecified atom stereocenters. The van der Waals surface area contributed by atoms with Gasteiger partial charge in [-0.05, 0) is 24.3 Å². The number of para-hydroxylation sites is 1. The second-order valence-electron chi connectivity index (χ2n) is 4.47. The molecule has 0 amide bonds. The number of benzene rings is 2. The average molecular weight is 315 g/mol. The number of rotatable bonds is 1. The Labute approximate surface area is 130 Å². The highest BCUT2D eigenvalue weighted by Crippen LogP contribution is 2.25. The van der Waals surface area contributed by atoms with Crippen LogP contribution >= 0.6 is 23.2 Å². The van der Waals surface area contributed by atoms with E-state index in [2.05, 4.69) is 6.07 Å². The molecule has 3 nitrogen and oxygen atoms in total. The van der Waals surface area contributed by atoms with E-state index in [-0.39, 0.29) is 5.91 Å². The van der Waals surface area contributed by atoms with Crippen LogP contribution in [0.3, 0.4) is 0 Å². The number of nitriles is 1. The Bertz CT molecular complexity index is 906. The molecule has 0 bridgehead atoms. The Kier molecular flexibility index (Phi) is 3.42. The Hall–Kier alpha value is -2.28. The van der Waals surface area contributed by atoms with Gasteiger partial charge in [0.05, 0.1) is 21.7 Å². The number of halogens is 2. The van der Waals surface area contributed by atoms with Crippen molar-refractivity contribution in [3.05, 3.63) is 69.8 Å². The van der Waals surface area contributed by atoms with Gasteiger partial charge in [0.15, 0.2) is 0 Å². The van der Waals surface area contributed by atoms with E-state index in [1.807, 2.05) is 12.1 Å². The number of hydrogen-bond acceptors (Lipinski definition) is 2. The van der Waals surface area contributed by atoms with E-state index in [4.69, 9.17) is 23.2 Å². The Morgan fingerprint density at radius 2 is 1.90 bits per heavy atom. The van der Waals surface area contributed by atoms with Crippen LogP contribution in [0, 0.1) is 11.3 Å². The first kappa shape index (κ1) is 13.7. The van der Waals surface area contributed by atoms with Crippen LogP contribution in [-0.4, -0.2) is 10.5 Å². The summed E-state index contributed by atoms with van der Waals surface area (Å²) in [4.78, 5) is 12.7. The second kappa shape index (κ2) is 5.25. The predicted molar refractivity (Wildman–Crippen MR) is 82.8 cm³/mol. The summed E-state index contributed by atoms with van der Waals surface area (Å²) in [6, 6.07) is 14.0. The molecule has 3 rings (SSSR count). The van der Waals surface area contributed by atoms with Gasteiger partial charge in [-0.25, -0.2) is 0 Å². The molecule has 0 saturated carbocycles. The number of nitrogens with zero attached hydrogens (tertiary/aromatic N) is 2. The van der Waals surface area contributed by atoms with Gasteiger partial charge in [-0.1, -0.05) is 41.4 Å². The second-order valence-corrected chi connectivity index (χ2v) is 5.31. The summed E-state index contributed by atoms with van der Waals surface area (Å²) in [6.45, 7) is 0. The maximum Gasteiger partial charge on any atom is 0.263 e. The van der Waals surface area contributed by atoms with Crippen molar-refractivity contribution < 1.29 is 4.79 Å². The fourth-order valence-corrected chi connectivity index (χ4v) is 2.60. The van der Waals surface area contributed by atoms with Crippen molar-refractivity contribution in [3.8, 4) is 6.07 Å². The summed E-state index contributed by atoms with van der Waals surface area (Å²) in [6.07, 6.45) is 1.52. The third-order valence-corrected chi connectivity index (χ3v) is 3.77. The summed E-state index contributed by atoms with van der Waals surface area (Å²) in [7, 11) is 0. The monoisotopic (exact) mass is 314 g/mol. The summed E-state index contributed by atoms with van der Waals surface area (Å²) in [5.41, 5.74) is 1.40. The van der Waals surface area contributed by atoms with Crippen LogP contribution in [-0.2, 0) is 0 Å². The van der Waals surface area contributed by atoms with Crippen LogP contribution in [0.5, 0.6) is 0 Å². The molecule has 0 aliphatic carbocycles. The Morgan fingerprint density at radius 3 is 2.67 bits per heavy atom. The van der Waals surface area contributed by atoms with Crippen molar-refractivity contribution in [1.82, 2.24) is 4.57 Å². The van der Waals surface area contributed by atoms with Crippen LogP contribution < -0.4 is 0 Å². The zero-order valence-electron chi connectivity index (χ0n) is 10.7. The van der Waals surface area contributed by atoms with E-state index in [1.54, 1.807) is 24.3 Å². The summed E-state index contributed by atoms with van der Waals surface area (Å²) in [5.74, 6) is -0.319. The summed E-state index contributed by atoms with van der Waals surface area (Å²) >= 11 is 12.0. The van der Waals surface area contributed by atoms with Gasteiger partial charge in [0.2, 0.25) is 0 Å². The normalized spacial score (nSPS) is 10.5. The van der Waals surface area contributed by atoms with Gasteiger partial charge in [-0.2, -0.15) is 5.26 Å². The van der Waals surface area contributed by atoms with Gasteiger partial charge in [0, 0.05) is 16.6 Å². The summed E-state index contributed by atoms with van der Waals surface area (Å²) < 4.78 is 1.42. The quantitative estimate of drug-likeness (QED) is 0.663. The molecule has 102 valence electrons. The van der Waals surface area contributed by atoms with Gasteiger partial charge in [0.1, 0.15) is 6.07 Å². The Morgan fingerprint density at radius 1 is 1.14 bits per heavy atom. The minimum atomic E-state index is -0.319. The van der Waals surface area contributed by atoms with Crippen molar-refractivity contribution in [2.45, 2.75) is 0 Å². The highest BCUT2D eigenvalue weighted by atomic mass is 35.5. The van der Waals surface area contributed by atoms with Crippen molar-refractivity contribution in [2.24, 2.45) is 0 Å². The van der Waals surface area contributed by atoms with E-state index in [1.165, 1.54) is 16.8 Å².